The van der Waals surface area contributed by atoms with E-state index in [-0.39, 0.29) is 5.56 Å². The monoisotopic (exact) mass is 384 g/mol. The minimum absolute atomic E-state index is 0.236. The molecule has 120 valence electrons. The second-order valence-corrected chi connectivity index (χ2v) is 5.76. The molecule has 0 aliphatic heterocycles. The van der Waals surface area contributed by atoms with Crippen LogP contribution in [0.1, 0.15) is 10.4 Å². The van der Waals surface area contributed by atoms with Gasteiger partial charge in [-0.15, -0.1) is 0 Å². The number of rotatable bonds is 5. The lowest BCUT2D eigenvalue weighted by Gasteiger charge is -2.10. The summed E-state index contributed by atoms with van der Waals surface area (Å²) >= 11 is 3.47. The molecule has 0 radical (unpaired) electrons. The predicted molar refractivity (Wildman–Crippen MR) is 96.1 cm³/mol. The van der Waals surface area contributed by atoms with Gasteiger partial charge in [-0.1, -0.05) is 12.1 Å². The van der Waals surface area contributed by atoms with Gasteiger partial charge in [0.1, 0.15) is 18.0 Å². The van der Waals surface area contributed by atoms with Gasteiger partial charge < -0.3 is 15.7 Å². The molecule has 24 heavy (non-hydrogen) atoms. The van der Waals surface area contributed by atoms with Crippen LogP contribution < -0.4 is 10.6 Å². The Bertz CT molecular complexity index is 868. The van der Waals surface area contributed by atoms with Crippen LogP contribution in [0, 0.1) is 0 Å². The highest BCUT2D eigenvalue weighted by Gasteiger charge is 2.04. The van der Waals surface area contributed by atoms with Crippen LogP contribution in [0.5, 0.6) is 0 Å². The first-order chi connectivity index (χ1) is 11.6. The summed E-state index contributed by atoms with van der Waals surface area (Å²) in [4.78, 5) is 19.2. The van der Waals surface area contributed by atoms with E-state index < -0.39 is 5.97 Å². The Hall–Kier alpha value is -2.93. The van der Waals surface area contributed by atoms with Crippen LogP contribution in [0.3, 0.4) is 0 Å². The van der Waals surface area contributed by atoms with Gasteiger partial charge in [0.2, 0.25) is 0 Å². The number of nitrogens with zero attached hydrogens (tertiary/aromatic N) is 2. The van der Waals surface area contributed by atoms with Crippen LogP contribution in [0.4, 0.5) is 23.0 Å². The molecule has 0 unspecified atom stereocenters. The van der Waals surface area contributed by atoms with Crippen LogP contribution in [0.15, 0.2) is 65.4 Å². The zero-order valence-electron chi connectivity index (χ0n) is 12.4. The van der Waals surface area contributed by atoms with Crippen LogP contribution in [-0.4, -0.2) is 21.0 Å². The molecule has 3 rings (SSSR count). The number of anilines is 4. The number of carboxylic acids is 1. The van der Waals surface area contributed by atoms with Crippen molar-refractivity contribution in [1.82, 2.24) is 9.97 Å². The number of carboxylic acid groups (broad SMARTS) is 1. The maximum atomic E-state index is 10.9. The summed E-state index contributed by atoms with van der Waals surface area (Å²) in [6.07, 6.45) is 1.45. The molecule has 1 heterocycles. The van der Waals surface area contributed by atoms with Gasteiger partial charge in [0, 0.05) is 16.2 Å². The van der Waals surface area contributed by atoms with E-state index >= 15 is 0 Å². The Balaban J connectivity index is 1.75. The summed E-state index contributed by atoms with van der Waals surface area (Å²) in [7, 11) is 0. The lowest BCUT2D eigenvalue weighted by molar-refractivity contribution is 0.0697. The van der Waals surface area contributed by atoms with E-state index in [0.29, 0.717) is 11.6 Å². The van der Waals surface area contributed by atoms with Gasteiger partial charge in [0.25, 0.3) is 0 Å². The number of nitrogens with one attached hydrogen (secondary N) is 2. The fourth-order valence-electron chi connectivity index (χ4n) is 2.04. The molecular weight excluding hydrogens is 372 g/mol. The van der Waals surface area contributed by atoms with Crippen molar-refractivity contribution in [2.45, 2.75) is 0 Å². The largest absolute Gasteiger partial charge is 0.478 e. The molecule has 0 amide bonds. The van der Waals surface area contributed by atoms with Crippen molar-refractivity contribution >= 4 is 44.9 Å². The van der Waals surface area contributed by atoms with E-state index in [2.05, 4.69) is 36.5 Å². The molecular formula is C17H13BrN4O2. The summed E-state index contributed by atoms with van der Waals surface area (Å²) in [5.74, 6) is 0.285. The molecule has 0 saturated heterocycles. The van der Waals surface area contributed by atoms with Gasteiger partial charge >= 0.3 is 5.97 Å². The Labute approximate surface area is 146 Å². The first-order valence-corrected chi connectivity index (χ1v) is 7.85. The topological polar surface area (TPSA) is 87.1 Å². The van der Waals surface area contributed by atoms with Gasteiger partial charge in [-0.3, -0.25) is 0 Å². The highest BCUT2D eigenvalue weighted by atomic mass is 79.9. The van der Waals surface area contributed by atoms with Crippen molar-refractivity contribution in [2.24, 2.45) is 0 Å². The van der Waals surface area contributed by atoms with Crippen LogP contribution in [0.2, 0.25) is 0 Å². The van der Waals surface area contributed by atoms with Gasteiger partial charge in [-0.25, -0.2) is 14.8 Å². The number of halogens is 1. The molecule has 0 saturated carbocycles. The van der Waals surface area contributed by atoms with Gasteiger partial charge in [0.15, 0.2) is 0 Å². The molecule has 0 fully saturated rings. The van der Waals surface area contributed by atoms with Gasteiger partial charge in [-0.2, -0.15) is 0 Å². The maximum Gasteiger partial charge on any atom is 0.335 e. The molecule has 0 aliphatic rings. The number of hydrogen-bond donors (Lipinski definition) is 3. The summed E-state index contributed by atoms with van der Waals surface area (Å²) in [5.41, 5.74) is 1.87. The zero-order chi connectivity index (χ0) is 16.9. The Morgan fingerprint density at radius 3 is 2.29 bits per heavy atom. The minimum Gasteiger partial charge on any atom is -0.478 e. The van der Waals surface area contributed by atoms with Crippen molar-refractivity contribution in [1.29, 1.82) is 0 Å². The molecule has 1 aromatic heterocycles. The summed E-state index contributed by atoms with van der Waals surface area (Å²) in [6, 6.07) is 15.9. The van der Waals surface area contributed by atoms with E-state index in [1.54, 1.807) is 18.2 Å². The number of aromatic carboxylic acids is 1. The SMILES string of the molecule is O=C(O)c1ccc(Nc2cc(Nc3ccccc3Br)ncn2)cc1. The number of para-hydroxylation sites is 1. The van der Waals surface area contributed by atoms with Crippen molar-refractivity contribution in [2.75, 3.05) is 10.6 Å². The minimum atomic E-state index is -0.955. The lowest BCUT2D eigenvalue weighted by Crippen LogP contribution is -2.00. The summed E-state index contributed by atoms with van der Waals surface area (Å²) < 4.78 is 0.933. The normalized spacial score (nSPS) is 10.2. The van der Waals surface area contributed by atoms with Crippen LogP contribution >= 0.6 is 15.9 Å². The molecule has 2 aromatic carbocycles. The smallest absolute Gasteiger partial charge is 0.335 e. The second-order valence-electron chi connectivity index (χ2n) is 4.90. The third kappa shape index (κ3) is 3.88. The predicted octanol–water partition coefficient (Wildman–Crippen LogP) is 4.42. The number of hydrogen-bond acceptors (Lipinski definition) is 5. The number of carbonyl (C=O) groups is 1. The van der Waals surface area contributed by atoms with E-state index in [9.17, 15) is 4.79 Å². The molecule has 3 N–H and O–H groups in total. The molecule has 0 atom stereocenters. The van der Waals surface area contributed by atoms with Gasteiger partial charge in [0.05, 0.1) is 11.3 Å². The third-order valence-electron chi connectivity index (χ3n) is 3.21. The Morgan fingerprint density at radius 1 is 0.958 bits per heavy atom. The molecule has 3 aromatic rings. The Kier molecular flexibility index (Phi) is 4.72. The van der Waals surface area contributed by atoms with Crippen molar-refractivity contribution < 1.29 is 9.90 Å². The fourth-order valence-corrected chi connectivity index (χ4v) is 2.42. The summed E-state index contributed by atoms with van der Waals surface area (Å²) in [6.45, 7) is 0. The van der Waals surface area contributed by atoms with Crippen LogP contribution in [0.25, 0.3) is 0 Å². The average Bonchev–Trinajstić information content (AvgIpc) is 2.58. The fraction of sp³-hybridized carbons (Fsp3) is 0. The standard InChI is InChI=1S/C17H13BrN4O2/c18-13-3-1-2-4-14(13)22-16-9-15(19-10-20-16)21-12-7-5-11(6-8-12)17(23)24/h1-10H,(H,23,24)(H2,19,20,21,22). The molecule has 0 aliphatic carbocycles. The second kappa shape index (κ2) is 7.10. The van der Waals surface area contributed by atoms with E-state index in [4.69, 9.17) is 5.11 Å². The molecule has 0 bridgehead atoms. The Morgan fingerprint density at radius 2 is 1.62 bits per heavy atom. The van der Waals surface area contributed by atoms with E-state index in [0.717, 1.165) is 15.8 Å². The van der Waals surface area contributed by atoms with E-state index in [1.165, 1.54) is 18.5 Å². The molecule has 6 nitrogen and oxygen atoms in total. The van der Waals surface area contributed by atoms with Crippen LogP contribution in [-0.2, 0) is 0 Å². The van der Waals surface area contributed by atoms with Gasteiger partial charge in [-0.05, 0) is 52.3 Å². The van der Waals surface area contributed by atoms with Crippen molar-refractivity contribution in [3.05, 3.63) is 71.0 Å². The zero-order valence-corrected chi connectivity index (χ0v) is 14.0. The molecule has 0 spiro atoms. The summed E-state index contributed by atoms with van der Waals surface area (Å²) in [5, 5.41) is 15.2. The van der Waals surface area contributed by atoms with Crippen molar-refractivity contribution in [3.8, 4) is 0 Å². The maximum absolute atomic E-state index is 10.9. The quantitative estimate of drug-likeness (QED) is 0.603. The average molecular weight is 385 g/mol. The highest BCUT2D eigenvalue weighted by Crippen LogP contribution is 2.25. The number of benzene rings is 2. The first-order valence-electron chi connectivity index (χ1n) is 7.06. The highest BCUT2D eigenvalue weighted by molar-refractivity contribution is 9.10. The third-order valence-corrected chi connectivity index (χ3v) is 3.90. The molecule has 7 heteroatoms. The number of aromatic nitrogens is 2. The lowest BCUT2D eigenvalue weighted by atomic mass is 10.2. The first kappa shape index (κ1) is 15.9. The van der Waals surface area contributed by atoms with E-state index in [1.807, 2.05) is 24.3 Å². The van der Waals surface area contributed by atoms with Crippen molar-refractivity contribution in [3.63, 3.8) is 0 Å².